The van der Waals surface area contributed by atoms with Crippen LogP contribution in [0.3, 0.4) is 0 Å². The predicted octanol–water partition coefficient (Wildman–Crippen LogP) is -0.142. The van der Waals surface area contributed by atoms with Gasteiger partial charge in [0.25, 0.3) is 0 Å². The maximum absolute atomic E-state index is 12.3. The van der Waals surface area contributed by atoms with Crippen molar-refractivity contribution in [3.05, 3.63) is 40.2 Å². The van der Waals surface area contributed by atoms with Gasteiger partial charge in [0.05, 0.1) is 12.2 Å². The molecular formula is C20H26N2O7. The van der Waals surface area contributed by atoms with Gasteiger partial charge in [0, 0.05) is 36.4 Å². The zero-order chi connectivity index (χ0) is 21.1. The van der Waals surface area contributed by atoms with Gasteiger partial charge in [-0.3, -0.25) is 4.99 Å². The molecule has 0 amide bonds. The Morgan fingerprint density at radius 2 is 1.86 bits per heavy atom. The van der Waals surface area contributed by atoms with Gasteiger partial charge in [0.15, 0.2) is 6.29 Å². The minimum absolute atomic E-state index is 0.131. The number of nitrogens with zero attached hydrogens (tertiary/aromatic N) is 2. The molecule has 29 heavy (non-hydrogen) atoms. The van der Waals surface area contributed by atoms with E-state index in [2.05, 4.69) is 9.89 Å². The maximum Gasteiger partial charge on any atom is 0.345 e. The first-order chi connectivity index (χ1) is 13.9. The number of fused-ring (bicyclic) bond motifs is 1. The molecule has 0 spiro atoms. The molecule has 1 aliphatic heterocycles. The normalized spacial score (nSPS) is 27.6. The molecule has 1 aliphatic rings. The van der Waals surface area contributed by atoms with E-state index >= 15 is 0 Å². The number of ether oxygens (including phenoxy) is 1. The van der Waals surface area contributed by atoms with Crippen LogP contribution in [0.15, 0.2) is 38.5 Å². The quantitative estimate of drug-likeness (QED) is 0.384. The van der Waals surface area contributed by atoms with Crippen molar-refractivity contribution >= 4 is 22.9 Å². The Bertz CT molecular complexity index is 925. The first-order valence-electron chi connectivity index (χ1n) is 9.56. The van der Waals surface area contributed by atoms with Crippen molar-refractivity contribution < 1.29 is 29.6 Å². The standard InChI is InChI=1S/C20H26N2O7/c1-3-22(4-2)13-6-5-11-7-12(19(26)28-14(11)8-13)9-21-16-18(25)17(24)15(10-23)29-20(16)27/h5-9,15-18,20,23-25,27H,3-4,10H2,1-2H3/t15-,16-,17-,18-,20?/m1/s1. The van der Waals surface area contributed by atoms with E-state index in [1.165, 1.54) is 6.21 Å². The molecule has 1 unspecified atom stereocenters. The molecule has 1 aromatic heterocycles. The van der Waals surface area contributed by atoms with Crippen LogP contribution >= 0.6 is 0 Å². The van der Waals surface area contributed by atoms with Crippen molar-refractivity contribution in [2.45, 2.75) is 44.5 Å². The summed E-state index contributed by atoms with van der Waals surface area (Å²) in [6, 6.07) is 5.97. The van der Waals surface area contributed by atoms with Crippen LogP contribution in [-0.2, 0) is 4.74 Å². The topological polar surface area (TPSA) is 136 Å². The van der Waals surface area contributed by atoms with E-state index in [0.717, 1.165) is 18.8 Å². The molecule has 9 heteroatoms. The van der Waals surface area contributed by atoms with Gasteiger partial charge < -0.3 is 34.5 Å². The second-order valence-electron chi connectivity index (χ2n) is 6.88. The molecule has 1 saturated heterocycles. The Hall–Kier alpha value is -2.30. The van der Waals surface area contributed by atoms with Crippen LogP contribution in [0.5, 0.6) is 0 Å². The monoisotopic (exact) mass is 406 g/mol. The van der Waals surface area contributed by atoms with E-state index in [4.69, 9.17) is 14.3 Å². The summed E-state index contributed by atoms with van der Waals surface area (Å²) >= 11 is 0. The number of aliphatic hydroxyl groups excluding tert-OH is 4. The van der Waals surface area contributed by atoms with Crippen molar-refractivity contribution in [1.82, 2.24) is 0 Å². The first-order valence-corrected chi connectivity index (χ1v) is 9.56. The summed E-state index contributed by atoms with van der Waals surface area (Å²) in [7, 11) is 0. The van der Waals surface area contributed by atoms with Crippen LogP contribution < -0.4 is 10.5 Å². The van der Waals surface area contributed by atoms with Crippen LogP contribution in [0, 0.1) is 0 Å². The molecule has 2 heterocycles. The summed E-state index contributed by atoms with van der Waals surface area (Å²) in [5.41, 5.74) is 0.905. The number of benzene rings is 1. The van der Waals surface area contributed by atoms with Crippen LogP contribution in [0.1, 0.15) is 19.4 Å². The summed E-state index contributed by atoms with van der Waals surface area (Å²) in [5.74, 6) is 0. The lowest BCUT2D eigenvalue weighted by atomic mass is 9.97. The SMILES string of the molecule is CCN(CC)c1ccc2cc(C=N[C@H]3C(O)O[C@H](CO)[C@@H](O)[C@@H]3O)c(=O)oc2c1. The third kappa shape index (κ3) is 4.34. The highest BCUT2D eigenvalue weighted by atomic mass is 16.6. The van der Waals surface area contributed by atoms with Crippen LogP contribution in [-0.4, -0.2) is 77.0 Å². The first kappa shape index (κ1) is 21.4. The molecule has 1 fully saturated rings. The van der Waals surface area contributed by atoms with Crippen molar-refractivity contribution in [3.8, 4) is 0 Å². The average molecular weight is 406 g/mol. The van der Waals surface area contributed by atoms with Crippen molar-refractivity contribution in [3.63, 3.8) is 0 Å². The molecule has 0 saturated carbocycles. The molecule has 2 aromatic rings. The van der Waals surface area contributed by atoms with E-state index in [0.29, 0.717) is 11.0 Å². The number of hydrogen-bond donors (Lipinski definition) is 4. The van der Waals surface area contributed by atoms with Gasteiger partial charge in [-0.2, -0.15) is 0 Å². The molecule has 4 N–H and O–H groups in total. The van der Waals surface area contributed by atoms with Crippen molar-refractivity contribution in [2.75, 3.05) is 24.6 Å². The average Bonchev–Trinajstić information content (AvgIpc) is 2.71. The van der Waals surface area contributed by atoms with Crippen LogP contribution in [0.25, 0.3) is 11.0 Å². The second-order valence-corrected chi connectivity index (χ2v) is 6.88. The molecule has 0 aliphatic carbocycles. The summed E-state index contributed by atoms with van der Waals surface area (Å²) in [6.07, 6.45) is -4.35. The zero-order valence-corrected chi connectivity index (χ0v) is 16.3. The van der Waals surface area contributed by atoms with E-state index < -0.39 is 42.9 Å². The predicted molar refractivity (Wildman–Crippen MR) is 107 cm³/mol. The fourth-order valence-electron chi connectivity index (χ4n) is 3.40. The Morgan fingerprint density at radius 3 is 2.52 bits per heavy atom. The van der Waals surface area contributed by atoms with Crippen LogP contribution in [0.4, 0.5) is 5.69 Å². The van der Waals surface area contributed by atoms with Gasteiger partial charge in [-0.15, -0.1) is 0 Å². The molecular weight excluding hydrogens is 380 g/mol. The lowest BCUT2D eigenvalue weighted by Crippen LogP contribution is -2.57. The van der Waals surface area contributed by atoms with Crippen molar-refractivity contribution in [2.24, 2.45) is 4.99 Å². The molecule has 158 valence electrons. The number of aliphatic imine (C=N–C) groups is 1. The Balaban J connectivity index is 1.87. The third-order valence-corrected chi connectivity index (χ3v) is 5.13. The van der Waals surface area contributed by atoms with Gasteiger partial charge in [-0.05, 0) is 32.0 Å². The summed E-state index contributed by atoms with van der Waals surface area (Å²) < 4.78 is 10.5. The second kappa shape index (κ2) is 9.02. The minimum Gasteiger partial charge on any atom is -0.422 e. The lowest BCUT2D eigenvalue weighted by Gasteiger charge is -2.38. The highest BCUT2D eigenvalue weighted by Gasteiger charge is 2.43. The third-order valence-electron chi connectivity index (χ3n) is 5.13. The fourth-order valence-corrected chi connectivity index (χ4v) is 3.40. The number of anilines is 1. The minimum atomic E-state index is -1.54. The van der Waals surface area contributed by atoms with Gasteiger partial charge in [-0.1, -0.05) is 0 Å². The number of aliphatic hydroxyl groups is 4. The van der Waals surface area contributed by atoms with E-state index in [-0.39, 0.29) is 5.56 Å². The van der Waals surface area contributed by atoms with Crippen molar-refractivity contribution in [1.29, 1.82) is 0 Å². The highest BCUT2D eigenvalue weighted by molar-refractivity contribution is 5.88. The number of rotatable bonds is 6. The summed E-state index contributed by atoms with van der Waals surface area (Å²) in [4.78, 5) is 18.5. The van der Waals surface area contributed by atoms with Crippen LogP contribution in [0.2, 0.25) is 0 Å². The summed E-state index contributed by atoms with van der Waals surface area (Å²) in [6.45, 7) is 5.18. The van der Waals surface area contributed by atoms with Gasteiger partial charge >= 0.3 is 5.63 Å². The Labute approximate surface area is 167 Å². The summed E-state index contributed by atoms with van der Waals surface area (Å²) in [5, 5.41) is 39.9. The molecule has 0 bridgehead atoms. The van der Waals surface area contributed by atoms with Gasteiger partial charge in [0.2, 0.25) is 0 Å². The van der Waals surface area contributed by atoms with Gasteiger partial charge in [-0.25, -0.2) is 4.79 Å². The molecule has 0 radical (unpaired) electrons. The van der Waals surface area contributed by atoms with E-state index in [9.17, 15) is 20.1 Å². The Morgan fingerprint density at radius 1 is 1.14 bits per heavy atom. The number of hydrogen-bond acceptors (Lipinski definition) is 9. The lowest BCUT2D eigenvalue weighted by molar-refractivity contribution is -0.248. The highest BCUT2D eigenvalue weighted by Crippen LogP contribution is 2.23. The van der Waals surface area contributed by atoms with E-state index in [1.807, 2.05) is 26.0 Å². The zero-order valence-electron chi connectivity index (χ0n) is 16.3. The molecule has 5 atom stereocenters. The molecule has 1 aromatic carbocycles. The fraction of sp³-hybridized carbons (Fsp3) is 0.500. The van der Waals surface area contributed by atoms with E-state index in [1.54, 1.807) is 12.1 Å². The maximum atomic E-state index is 12.3. The Kier molecular flexibility index (Phi) is 6.66. The molecule has 3 rings (SSSR count). The largest absolute Gasteiger partial charge is 0.422 e. The smallest absolute Gasteiger partial charge is 0.345 e. The molecule has 9 nitrogen and oxygen atoms in total. The van der Waals surface area contributed by atoms with Gasteiger partial charge in [0.1, 0.15) is 29.9 Å².